The highest BCUT2D eigenvalue weighted by Gasteiger charge is 2.16. The molecule has 1 fully saturated rings. The van der Waals surface area contributed by atoms with Crippen molar-refractivity contribution in [3.8, 4) is 16.9 Å². The maximum Gasteiger partial charge on any atom is 0.127 e. The number of hydrogen-bond donors (Lipinski definition) is 0. The molecule has 0 saturated heterocycles. The average Bonchev–Trinajstić information content (AvgIpc) is 3.00. The zero-order valence-corrected chi connectivity index (χ0v) is 12.3. The van der Waals surface area contributed by atoms with E-state index in [0.717, 1.165) is 34.4 Å². The van der Waals surface area contributed by atoms with E-state index in [1.54, 1.807) is 0 Å². The summed E-state index contributed by atoms with van der Waals surface area (Å²) in [5, 5.41) is 0.762. The van der Waals surface area contributed by atoms with Gasteiger partial charge in [-0.3, -0.25) is 0 Å². The summed E-state index contributed by atoms with van der Waals surface area (Å²) in [6.45, 7) is 0.838. The number of benzene rings is 2. The Morgan fingerprint density at radius 2 is 1.65 bits per heavy atom. The summed E-state index contributed by atoms with van der Waals surface area (Å²) in [6, 6.07) is 16.2. The minimum absolute atomic E-state index is 0.730. The molecule has 1 nitrogen and oxygen atoms in total. The van der Waals surface area contributed by atoms with Crippen LogP contribution < -0.4 is 4.74 Å². The summed E-state index contributed by atoms with van der Waals surface area (Å²) >= 11 is 5.95. The predicted octanol–water partition coefficient (Wildman–Crippen LogP) is 5.58. The fraction of sp³-hybridized carbons (Fsp3) is 0.333. The fourth-order valence-corrected chi connectivity index (χ4v) is 2.97. The lowest BCUT2D eigenvalue weighted by Gasteiger charge is -2.15. The molecule has 1 aliphatic rings. The first-order valence-electron chi connectivity index (χ1n) is 7.31. The first kappa shape index (κ1) is 13.5. The molecule has 0 aromatic heterocycles. The third-order valence-electron chi connectivity index (χ3n) is 3.99. The van der Waals surface area contributed by atoms with E-state index in [0.29, 0.717) is 0 Å². The molecule has 1 saturated carbocycles. The van der Waals surface area contributed by atoms with Crippen LogP contribution in [0.5, 0.6) is 5.75 Å². The Morgan fingerprint density at radius 1 is 0.950 bits per heavy atom. The highest BCUT2D eigenvalue weighted by Crippen LogP contribution is 2.32. The standard InChI is InChI=1S/C18H19ClO/c19-16-11-9-15(10-12-16)17-7-3-4-8-18(17)20-13-14-5-1-2-6-14/h3-4,7-12,14H,1-2,5-6,13H2. The van der Waals surface area contributed by atoms with Crippen molar-refractivity contribution >= 4 is 11.6 Å². The van der Waals surface area contributed by atoms with Crippen LogP contribution in [0.1, 0.15) is 25.7 Å². The summed E-state index contributed by atoms with van der Waals surface area (Å²) in [5.41, 5.74) is 2.29. The van der Waals surface area contributed by atoms with Gasteiger partial charge in [-0.05, 0) is 42.5 Å². The lowest BCUT2D eigenvalue weighted by atomic mass is 10.0. The van der Waals surface area contributed by atoms with Crippen molar-refractivity contribution < 1.29 is 4.74 Å². The van der Waals surface area contributed by atoms with E-state index in [-0.39, 0.29) is 0 Å². The number of hydrogen-bond acceptors (Lipinski definition) is 1. The van der Waals surface area contributed by atoms with Gasteiger partial charge in [0, 0.05) is 10.6 Å². The molecular weight excluding hydrogens is 268 g/mol. The van der Waals surface area contributed by atoms with E-state index >= 15 is 0 Å². The Morgan fingerprint density at radius 3 is 2.40 bits per heavy atom. The zero-order valence-electron chi connectivity index (χ0n) is 11.5. The van der Waals surface area contributed by atoms with E-state index < -0.39 is 0 Å². The number of rotatable bonds is 4. The van der Waals surface area contributed by atoms with Crippen LogP contribution >= 0.6 is 11.6 Å². The molecule has 0 N–H and O–H groups in total. The molecule has 0 aliphatic heterocycles. The van der Waals surface area contributed by atoms with E-state index in [1.807, 2.05) is 36.4 Å². The molecule has 2 aromatic rings. The van der Waals surface area contributed by atoms with Crippen LogP contribution in [0.3, 0.4) is 0 Å². The van der Waals surface area contributed by atoms with Crippen LogP contribution in [0.2, 0.25) is 5.02 Å². The number of para-hydroxylation sites is 1. The van der Waals surface area contributed by atoms with E-state index in [1.165, 1.54) is 25.7 Å². The molecule has 0 amide bonds. The van der Waals surface area contributed by atoms with Gasteiger partial charge < -0.3 is 4.74 Å². The monoisotopic (exact) mass is 286 g/mol. The van der Waals surface area contributed by atoms with E-state index in [9.17, 15) is 0 Å². The van der Waals surface area contributed by atoms with Crippen LogP contribution in [0.15, 0.2) is 48.5 Å². The van der Waals surface area contributed by atoms with Gasteiger partial charge in [0.25, 0.3) is 0 Å². The Balaban J connectivity index is 1.78. The maximum absolute atomic E-state index is 6.07. The Bertz CT molecular complexity index is 556. The van der Waals surface area contributed by atoms with Gasteiger partial charge in [0.15, 0.2) is 0 Å². The van der Waals surface area contributed by atoms with Gasteiger partial charge in [-0.2, -0.15) is 0 Å². The largest absolute Gasteiger partial charge is 0.493 e. The van der Waals surface area contributed by atoms with Gasteiger partial charge >= 0.3 is 0 Å². The highest BCUT2D eigenvalue weighted by molar-refractivity contribution is 6.30. The molecule has 0 heterocycles. The first-order valence-corrected chi connectivity index (χ1v) is 7.68. The van der Waals surface area contributed by atoms with Crippen molar-refractivity contribution in [3.05, 3.63) is 53.6 Å². The van der Waals surface area contributed by atoms with Crippen LogP contribution in [0.25, 0.3) is 11.1 Å². The summed E-state index contributed by atoms with van der Waals surface area (Å²) in [4.78, 5) is 0. The molecule has 3 rings (SSSR count). The van der Waals surface area contributed by atoms with Crippen molar-refractivity contribution in [2.75, 3.05) is 6.61 Å². The molecule has 20 heavy (non-hydrogen) atoms. The molecule has 0 unspecified atom stereocenters. The van der Waals surface area contributed by atoms with Gasteiger partial charge in [0.05, 0.1) is 6.61 Å². The maximum atomic E-state index is 6.07. The lowest BCUT2D eigenvalue weighted by molar-refractivity contribution is 0.253. The molecule has 2 heteroatoms. The molecule has 0 atom stereocenters. The molecule has 104 valence electrons. The summed E-state index contributed by atoms with van der Waals surface area (Å²) in [7, 11) is 0. The van der Waals surface area contributed by atoms with Crippen molar-refractivity contribution in [2.45, 2.75) is 25.7 Å². The zero-order chi connectivity index (χ0) is 13.8. The van der Waals surface area contributed by atoms with Crippen molar-refractivity contribution in [1.82, 2.24) is 0 Å². The molecule has 0 spiro atoms. The third kappa shape index (κ3) is 3.16. The lowest BCUT2D eigenvalue weighted by Crippen LogP contribution is -2.08. The van der Waals surface area contributed by atoms with Gasteiger partial charge in [0.2, 0.25) is 0 Å². The van der Waals surface area contributed by atoms with E-state index in [4.69, 9.17) is 16.3 Å². The van der Waals surface area contributed by atoms with Crippen LogP contribution in [0.4, 0.5) is 0 Å². The smallest absolute Gasteiger partial charge is 0.127 e. The van der Waals surface area contributed by atoms with E-state index in [2.05, 4.69) is 12.1 Å². The summed E-state index contributed by atoms with van der Waals surface area (Å²) in [5.74, 6) is 1.70. The first-order chi connectivity index (χ1) is 9.83. The quantitative estimate of drug-likeness (QED) is 0.713. The second-order valence-corrected chi connectivity index (χ2v) is 5.90. The molecule has 1 aliphatic carbocycles. The minimum atomic E-state index is 0.730. The minimum Gasteiger partial charge on any atom is -0.493 e. The Kier molecular flexibility index (Phi) is 4.27. The second kappa shape index (κ2) is 6.32. The SMILES string of the molecule is Clc1ccc(-c2ccccc2OCC2CCCC2)cc1. The second-order valence-electron chi connectivity index (χ2n) is 5.46. The van der Waals surface area contributed by atoms with Crippen molar-refractivity contribution in [2.24, 2.45) is 5.92 Å². The molecule has 2 aromatic carbocycles. The normalized spacial score (nSPS) is 15.4. The van der Waals surface area contributed by atoms with Crippen LogP contribution in [-0.2, 0) is 0 Å². The third-order valence-corrected chi connectivity index (χ3v) is 4.24. The van der Waals surface area contributed by atoms with Gasteiger partial charge in [-0.1, -0.05) is 54.8 Å². The fourth-order valence-electron chi connectivity index (χ4n) is 2.85. The highest BCUT2D eigenvalue weighted by atomic mass is 35.5. The predicted molar refractivity (Wildman–Crippen MR) is 84.3 cm³/mol. The van der Waals surface area contributed by atoms with Gasteiger partial charge in [0.1, 0.15) is 5.75 Å². The van der Waals surface area contributed by atoms with Gasteiger partial charge in [-0.25, -0.2) is 0 Å². The number of ether oxygens (including phenoxy) is 1. The van der Waals surface area contributed by atoms with Crippen LogP contribution in [-0.4, -0.2) is 6.61 Å². The molecule has 0 bridgehead atoms. The van der Waals surface area contributed by atoms with Crippen molar-refractivity contribution in [1.29, 1.82) is 0 Å². The summed E-state index contributed by atoms with van der Waals surface area (Å²) < 4.78 is 6.07. The average molecular weight is 287 g/mol. The number of halogens is 1. The summed E-state index contributed by atoms with van der Waals surface area (Å²) in [6.07, 6.45) is 5.33. The molecule has 0 radical (unpaired) electrons. The molecular formula is C18H19ClO. The Labute approximate surface area is 125 Å². The van der Waals surface area contributed by atoms with Crippen LogP contribution in [0, 0.1) is 5.92 Å². The van der Waals surface area contributed by atoms with Crippen molar-refractivity contribution in [3.63, 3.8) is 0 Å². The topological polar surface area (TPSA) is 9.23 Å². The van der Waals surface area contributed by atoms with Gasteiger partial charge in [-0.15, -0.1) is 0 Å². The Hall–Kier alpha value is -1.47.